The number of esters is 1. The van der Waals surface area contributed by atoms with Gasteiger partial charge in [-0.2, -0.15) is 0 Å². The van der Waals surface area contributed by atoms with Crippen molar-refractivity contribution in [3.8, 4) is 0 Å². The molecule has 0 aliphatic carbocycles. The van der Waals surface area contributed by atoms with Gasteiger partial charge in [0, 0.05) is 15.6 Å². The second-order valence-corrected chi connectivity index (χ2v) is 8.96. The highest BCUT2D eigenvalue weighted by atomic mass is 127. The molecule has 0 saturated carbocycles. The monoisotopic (exact) mass is 484 g/mol. The highest BCUT2D eigenvalue weighted by Gasteiger charge is 2.46. The molecule has 27 heavy (non-hydrogen) atoms. The predicted molar refractivity (Wildman–Crippen MR) is 105 cm³/mol. The van der Waals surface area contributed by atoms with Gasteiger partial charge < -0.3 is 9.64 Å². The summed E-state index contributed by atoms with van der Waals surface area (Å²) < 4.78 is 6.31. The van der Waals surface area contributed by atoms with Crippen LogP contribution < -0.4 is 5.32 Å². The van der Waals surface area contributed by atoms with E-state index in [1.807, 2.05) is 12.1 Å². The second kappa shape index (κ2) is 7.21. The summed E-state index contributed by atoms with van der Waals surface area (Å²) in [4.78, 5) is 50.8. The van der Waals surface area contributed by atoms with E-state index in [9.17, 15) is 19.2 Å². The van der Waals surface area contributed by atoms with Crippen LogP contribution in [-0.2, 0) is 19.1 Å². The van der Waals surface area contributed by atoms with Gasteiger partial charge >= 0.3 is 5.97 Å². The van der Waals surface area contributed by atoms with Gasteiger partial charge in [0.25, 0.3) is 5.91 Å². The Morgan fingerprint density at radius 1 is 1.30 bits per heavy atom. The van der Waals surface area contributed by atoms with Crippen LogP contribution in [0, 0.1) is 3.57 Å². The number of nitrogens with one attached hydrogen (secondary N) is 1. The zero-order chi connectivity index (χ0) is 19.9. The molecular formula is C19H21IN2O5. The number of ether oxygens (including phenoxy) is 1. The van der Waals surface area contributed by atoms with E-state index in [1.165, 1.54) is 4.90 Å². The molecule has 3 amide bonds. The van der Waals surface area contributed by atoms with Crippen molar-refractivity contribution in [3.05, 3.63) is 32.9 Å². The molecule has 0 bridgehead atoms. The average molecular weight is 484 g/mol. The summed E-state index contributed by atoms with van der Waals surface area (Å²) in [6.45, 7) is 5.33. The first kappa shape index (κ1) is 19.8. The Kier molecular flexibility index (Phi) is 5.29. The molecule has 2 heterocycles. The minimum atomic E-state index is -0.785. The Bertz CT molecular complexity index is 830. The van der Waals surface area contributed by atoms with Crippen LogP contribution >= 0.6 is 22.6 Å². The van der Waals surface area contributed by atoms with Crippen molar-refractivity contribution in [1.29, 1.82) is 0 Å². The van der Waals surface area contributed by atoms with Gasteiger partial charge in [0.05, 0.1) is 12.5 Å². The molecule has 1 aromatic rings. The molecule has 0 aromatic heterocycles. The molecule has 1 N–H and O–H groups in total. The van der Waals surface area contributed by atoms with Crippen molar-refractivity contribution in [2.45, 2.75) is 57.7 Å². The number of halogens is 1. The number of hydrogen-bond acceptors (Lipinski definition) is 5. The van der Waals surface area contributed by atoms with Crippen LogP contribution in [0.4, 0.5) is 0 Å². The number of amides is 3. The Hall–Kier alpha value is -1.97. The molecule has 1 saturated heterocycles. The highest BCUT2D eigenvalue weighted by molar-refractivity contribution is 14.1. The molecule has 0 radical (unpaired) electrons. The van der Waals surface area contributed by atoms with Crippen LogP contribution in [0.3, 0.4) is 0 Å². The van der Waals surface area contributed by atoms with Crippen LogP contribution in [0.15, 0.2) is 18.2 Å². The van der Waals surface area contributed by atoms with Crippen LogP contribution in [0.25, 0.3) is 0 Å². The summed E-state index contributed by atoms with van der Waals surface area (Å²) in [5.41, 5.74) is 0.546. The normalized spacial score (nSPS) is 22.5. The van der Waals surface area contributed by atoms with E-state index in [0.717, 1.165) is 3.57 Å². The summed E-state index contributed by atoms with van der Waals surface area (Å²) in [5.74, 6) is -1.59. The Labute approximate surface area is 170 Å². The van der Waals surface area contributed by atoms with Crippen LogP contribution in [0.2, 0.25) is 0 Å². The van der Waals surface area contributed by atoms with Crippen molar-refractivity contribution < 1.29 is 23.9 Å². The number of rotatable bonds is 3. The number of carbonyl (C=O) groups is 4. The van der Waals surface area contributed by atoms with Gasteiger partial charge in [-0.25, -0.2) is 0 Å². The number of fused-ring (bicyclic) bond motifs is 1. The molecule has 144 valence electrons. The second-order valence-electron chi connectivity index (χ2n) is 7.72. The molecule has 1 aromatic carbocycles. The molecule has 2 aliphatic heterocycles. The lowest BCUT2D eigenvalue weighted by atomic mass is 9.99. The van der Waals surface area contributed by atoms with Crippen molar-refractivity contribution >= 4 is 46.3 Å². The summed E-state index contributed by atoms with van der Waals surface area (Å²) in [5, 5.41) is 2.29. The lowest BCUT2D eigenvalue weighted by Crippen LogP contribution is -2.53. The quantitative estimate of drug-likeness (QED) is 0.404. The fourth-order valence-electron chi connectivity index (χ4n) is 3.49. The summed E-state index contributed by atoms with van der Waals surface area (Å²) in [6, 6.07) is 4.06. The number of nitrogens with zero attached hydrogens (tertiary/aromatic N) is 1. The molecule has 8 heteroatoms. The Morgan fingerprint density at radius 2 is 2.00 bits per heavy atom. The van der Waals surface area contributed by atoms with Crippen molar-refractivity contribution in [3.63, 3.8) is 0 Å². The Morgan fingerprint density at radius 3 is 2.63 bits per heavy atom. The topological polar surface area (TPSA) is 92.8 Å². The zero-order valence-corrected chi connectivity index (χ0v) is 17.5. The molecular weight excluding hydrogens is 463 g/mol. The SMILES string of the molecule is CC(C)(C)OC(=O)CC1c2ccc(I)cc2C(=O)N1C1CCC(=O)NC1=O. The predicted octanol–water partition coefficient (Wildman–Crippen LogP) is 2.33. The molecule has 0 spiro atoms. The molecule has 2 unspecified atom stereocenters. The van der Waals surface area contributed by atoms with Gasteiger partial charge in [0.15, 0.2) is 0 Å². The maximum absolute atomic E-state index is 13.1. The van der Waals surface area contributed by atoms with E-state index in [2.05, 4.69) is 27.9 Å². The maximum Gasteiger partial charge on any atom is 0.308 e. The summed E-state index contributed by atoms with van der Waals surface area (Å²) >= 11 is 2.12. The minimum Gasteiger partial charge on any atom is -0.460 e. The third-order valence-electron chi connectivity index (χ3n) is 4.50. The maximum atomic E-state index is 13.1. The third kappa shape index (κ3) is 4.15. The van der Waals surface area contributed by atoms with Crippen LogP contribution in [0.5, 0.6) is 0 Å². The average Bonchev–Trinajstić information content (AvgIpc) is 2.78. The van der Waals surface area contributed by atoms with Crippen LogP contribution in [0.1, 0.15) is 62.0 Å². The molecule has 2 aliphatic rings. The van der Waals surface area contributed by atoms with Gasteiger partial charge in [-0.1, -0.05) is 6.07 Å². The summed E-state index contributed by atoms with van der Waals surface area (Å²) in [6.07, 6.45) is 0.355. The number of carbonyl (C=O) groups excluding carboxylic acids is 4. The molecule has 7 nitrogen and oxygen atoms in total. The smallest absolute Gasteiger partial charge is 0.308 e. The Balaban J connectivity index is 1.95. The third-order valence-corrected chi connectivity index (χ3v) is 5.17. The largest absolute Gasteiger partial charge is 0.460 e. The van der Waals surface area contributed by atoms with Gasteiger partial charge in [-0.15, -0.1) is 0 Å². The first-order valence-electron chi connectivity index (χ1n) is 8.74. The van der Waals surface area contributed by atoms with Crippen molar-refractivity contribution in [2.75, 3.05) is 0 Å². The number of benzene rings is 1. The lowest BCUT2D eigenvalue weighted by molar-refractivity contribution is -0.157. The fourth-order valence-corrected chi connectivity index (χ4v) is 3.98. The van der Waals surface area contributed by atoms with E-state index < -0.39 is 29.6 Å². The summed E-state index contributed by atoms with van der Waals surface area (Å²) in [7, 11) is 0. The molecule has 3 rings (SSSR count). The first-order chi connectivity index (χ1) is 12.6. The standard InChI is InChI=1S/C19H21IN2O5/c1-19(2,3)27-16(24)9-14-11-5-4-10(20)8-12(11)18(26)22(14)13-6-7-15(23)21-17(13)25/h4-5,8,13-14H,6-7,9H2,1-3H3,(H,21,23,25). The van der Waals surface area contributed by atoms with E-state index in [4.69, 9.17) is 4.74 Å². The van der Waals surface area contributed by atoms with E-state index in [-0.39, 0.29) is 31.1 Å². The fraction of sp³-hybridized carbons (Fsp3) is 0.474. The van der Waals surface area contributed by atoms with Crippen molar-refractivity contribution in [2.24, 2.45) is 0 Å². The van der Waals surface area contributed by atoms with Crippen LogP contribution in [-0.4, -0.2) is 40.2 Å². The lowest BCUT2D eigenvalue weighted by Gasteiger charge is -2.34. The first-order valence-corrected chi connectivity index (χ1v) is 9.82. The van der Waals surface area contributed by atoms with E-state index in [0.29, 0.717) is 11.1 Å². The van der Waals surface area contributed by atoms with Crippen molar-refractivity contribution in [1.82, 2.24) is 10.2 Å². The highest BCUT2D eigenvalue weighted by Crippen LogP contribution is 2.40. The molecule has 1 fully saturated rings. The zero-order valence-electron chi connectivity index (χ0n) is 15.4. The molecule has 2 atom stereocenters. The number of hydrogen-bond donors (Lipinski definition) is 1. The number of piperidine rings is 1. The van der Waals surface area contributed by atoms with E-state index in [1.54, 1.807) is 26.8 Å². The van der Waals surface area contributed by atoms with E-state index >= 15 is 0 Å². The van der Waals surface area contributed by atoms with Gasteiger partial charge in [0.2, 0.25) is 11.8 Å². The minimum absolute atomic E-state index is 0.0473. The van der Waals surface area contributed by atoms with Gasteiger partial charge in [-0.05, 0) is 67.5 Å². The number of imide groups is 1. The van der Waals surface area contributed by atoms with Gasteiger partial charge in [-0.3, -0.25) is 24.5 Å². The van der Waals surface area contributed by atoms with Gasteiger partial charge in [0.1, 0.15) is 11.6 Å².